The van der Waals surface area contributed by atoms with Crippen LogP contribution in [0.15, 0.2) is 18.2 Å². The molecule has 3 rings (SSSR count). The van der Waals surface area contributed by atoms with Crippen LogP contribution in [0.1, 0.15) is 21.6 Å². The summed E-state index contributed by atoms with van der Waals surface area (Å²) in [5.41, 5.74) is 4.95. The molecule has 1 aromatic carbocycles. The van der Waals surface area contributed by atoms with E-state index in [1.807, 2.05) is 13.0 Å². The Labute approximate surface area is 100 Å². The molecular weight excluding hydrogens is 214 g/mol. The summed E-state index contributed by atoms with van der Waals surface area (Å²) in [4.78, 5) is 20.0. The van der Waals surface area contributed by atoms with Gasteiger partial charge in [0.15, 0.2) is 0 Å². The standard InChI is InChI=1S/C11H8B2N2O2/c1-5-9-8-6(3-2-4-7(8)14-5)10(16)15-17-11(9,12)13/h2-4,14H,1H3,(H,15,16). The Morgan fingerprint density at radius 2 is 2.12 bits per heavy atom. The first-order chi connectivity index (χ1) is 8.00. The summed E-state index contributed by atoms with van der Waals surface area (Å²) in [6.07, 6.45) is 0. The Hall–Kier alpha value is -1.68. The lowest BCUT2D eigenvalue weighted by Crippen LogP contribution is -2.37. The Bertz CT molecular complexity index is 634. The summed E-state index contributed by atoms with van der Waals surface area (Å²) < 4.78 is 0. The third-order valence-corrected chi connectivity index (χ3v) is 2.96. The molecule has 0 spiro atoms. The van der Waals surface area contributed by atoms with Crippen molar-refractivity contribution in [1.82, 2.24) is 10.5 Å². The van der Waals surface area contributed by atoms with E-state index in [0.29, 0.717) is 16.5 Å². The van der Waals surface area contributed by atoms with E-state index < -0.39 is 5.40 Å². The van der Waals surface area contributed by atoms with Crippen molar-refractivity contribution in [2.45, 2.75) is 12.3 Å². The van der Waals surface area contributed by atoms with Crippen molar-refractivity contribution in [2.75, 3.05) is 0 Å². The topological polar surface area (TPSA) is 54.1 Å². The minimum atomic E-state index is -1.54. The molecular formula is C11H8B2N2O2. The van der Waals surface area contributed by atoms with E-state index in [4.69, 9.17) is 20.5 Å². The molecule has 1 aliphatic heterocycles. The van der Waals surface area contributed by atoms with Crippen LogP contribution in [-0.2, 0) is 10.2 Å². The van der Waals surface area contributed by atoms with Gasteiger partial charge in [-0.2, -0.15) is 0 Å². The smallest absolute Gasteiger partial charge is 0.275 e. The fraction of sp³-hybridized carbons (Fsp3) is 0.182. The van der Waals surface area contributed by atoms with Gasteiger partial charge in [0.1, 0.15) is 15.7 Å². The summed E-state index contributed by atoms with van der Waals surface area (Å²) in [6.45, 7) is 1.84. The zero-order chi connectivity index (χ0) is 12.2. The summed E-state index contributed by atoms with van der Waals surface area (Å²) in [5, 5.41) is -0.824. The molecule has 0 atom stereocenters. The fourth-order valence-electron chi connectivity index (χ4n) is 2.29. The Kier molecular flexibility index (Phi) is 1.95. The highest BCUT2D eigenvalue weighted by molar-refractivity contribution is 6.40. The van der Waals surface area contributed by atoms with Crippen LogP contribution < -0.4 is 5.48 Å². The predicted octanol–water partition coefficient (Wildman–Crippen LogP) is 0.599. The largest absolute Gasteiger partial charge is 0.358 e. The Balaban J connectivity index is 2.50. The first kappa shape index (κ1) is 10.5. The highest BCUT2D eigenvalue weighted by Crippen LogP contribution is 2.34. The maximum Gasteiger partial charge on any atom is 0.275 e. The number of benzene rings is 1. The number of aryl methyl sites for hydroxylation is 1. The minimum Gasteiger partial charge on any atom is -0.358 e. The average molecular weight is 222 g/mol. The lowest BCUT2D eigenvalue weighted by molar-refractivity contribution is -0.000998. The molecule has 0 aliphatic carbocycles. The molecule has 1 amide bonds. The van der Waals surface area contributed by atoms with Gasteiger partial charge in [0.2, 0.25) is 0 Å². The van der Waals surface area contributed by atoms with Crippen molar-refractivity contribution < 1.29 is 9.63 Å². The van der Waals surface area contributed by atoms with Crippen LogP contribution in [0.25, 0.3) is 10.9 Å². The molecule has 1 aliphatic rings. The first-order valence-electron chi connectivity index (χ1n) is 5.18. The Morgan fingerprint density at radius 3 is 2.88 bits per heavy atom. The van der Waals surface area contributed by atoms with Gasteiger partial charge in [-0.25, -0.2) is 5.48 Å². The van der Waals surface area contributed by atoms with Gasteiger partial charge >= 0.3 is 0 Å². The number of hydroxylamine groups is 1. The van der Waals surface area contributed by atoms with Crippen molar-refractivity contribution in [3.8, 4) is 0 Å². The molecule has 0 fully saturated rings. The number of rotatable bonds is 0. The summed E-state index contributed by atoms with van der Waals surface area (Å²) in [7, 11) is 11.8. The van der Waals surface area contributed by atoms with E-state index in [-0.39, 0.29) is 5.91 Å². The van der Waals surface area contributed by atoms with Crippen molar-refractivity contribution in [1.29, 1.82) is 0 Å². The van der Waals surface area contributed by atoms with Gasteiger partial charge < -0.3 is 4.98 Å². The SMILES string of the molecule is [B]C1([B])ONC(=O)c2cccc3[nH]c(C)c1c23. The number of hydrogen-bond acceptors (Lipinski definition) is 2. The van der Waals surface area contributed by atoms with E-state index in [1.54, 1.807) is 12.1 Å². The third-order valence-electron chi connectivity index (χ3n) is 2.96. The summed E-state index contributed by atoms with van der Waals surface area (Å²) in [6, 6.07) is 5.36. The number of hydrogen-bond donors (Lipinski definition) is 2. The second-order valence-electron chi connectivity index (χ2n) is 4.18. The lowest BCUT2D eigenvalue weighted by Gasteiger charge is -2.24. The number of amides is 1. The molecule has 2 N–H and O–H groups in total. The molecule has 0 saturated heterocycles. The van der Waals surface area contributed by atoms with E-state index >= 15 is 0 Å². The average Bonchev–Trinajstić information content (AvgIpc) is 2.56. The number of aromatic nitrogens is 1. The number of aromatic amines is 1. The van der Waals surface area contributed by atoms with Gasteiger partial charge in [-0.05, 0) is 24.6 Å². The van der Waals surface area contributed by atoms with Gasteiger partial charge in [0.05, 0.1) is 5.56 Å². The van der Waals surface area contributed by atoms with E-state index in [0.717, 1.165) is 11.2 Å². The maximum absolute atomic E-state index is 11.8. The van der Waals surface area contributed by atoms with Gasteiger partial charge in [0.25, 0.3) is 5.91 Å². The van der Waals surface area contributed by atoms with E-state index in [9.17, 15) is 4.79 Å². The van der Waals surface area contributed by atoms with Crippen LogP contribution in [0, 0.1) is 6.92 Å². The quantitative estimate of drug-likeness (QED) is 0.641. The molecule has 2 aromatic rings. The second kappa shape index (κ2) is 3.17. The molecule has 1 aromatic heterocycles. The molecule has 4 radical (unpaired) electrons. The maximum atomic E-state index is 11.8. The molecule has 0 unspecified atom stereocenters. The van der Waals surface area contributed by atoms with Crippen LogP contribution in [0.3, 0.4) is 0 Å². The van der Waals surface area contributed by atoms with Gasteiger partial charge in [-0.3, -0.25) is 9.63 Å². The molecule has 17 heavy (non-hydrogen) atoms. The van der Waals surface area contributed by atoms with Crippen LogP contribution >= 0.6 is 0 Å². The number of carbonyl (C=O) groups excluding carboxylic acids is 1. The van der Waals surface area contributed by atoms with Crippen molar-refractivity contribution in [3.63, 3.8) is 0 Å². The van der Waals surface area contributed by atoms with Crippen molar-refractivity contribution in [3.05, 3.63) is 35.0 Å². The van der Waals surface area contributed by atoms with Crippen molar-refractivity contribution in [2.24, 2.45) is 0 Å². The highest BCUT2D eigenvalue weighted by atomic mass is 16.7. The third kappa shape index (κ3) is 1.34. The van der Waals surface area contributed by atoms with Crippen LogP contribution in [0.4, 0.5) is 0 Å². The summed E-state index contributed by atoms with van der Waals surface area (Å²) >= 11 is 0. The summed E-state index contributed by atoms with van der Waals surface area (Å²) in [5.74, 6) is -0.353. The van der Waals surface area contributed by atoms with Crippen molar-refractivity contribution >= 4 is 32.5 Å². The van der Waals surface area contributed by atoms with Crippen LogP contribution in [0.2, 0.25) is 0 Å². The number of nitrogens with one attached hydrogen (secondary N) is 2. The normalized spacial score (nSPS) is 17.8. The zero-order valence-electron chi connectivity index (χ0n) is 9.20. The van der Waals surface area contributed by atoms with Crippen LogP contribution in [-0.4, -0.2) is 26.6 Å². The molecule has 0 bridgehead atoms. The van der Waals surface area contributed by atoms with Gasteiger partial charge in [-0.15, -0.1) is 0 Å². The second-order valence-corrected chi connectivity index (χ2v) is 4.18. The molecule has 80 valence electrons. The van der Waals surface area contributed by atoms with Gasteiger partial charge in [0, 0.05) is 22.0 Å². The zero-order valence-corrected chi connectivity index (χ0v) is 9.20. The highest BCUT2D eigenvalue weighted by Gasteiger charge is 2.32. The molecule has 0 saturated carbocycles. The fourth-order valence-corrected chi connectivity index (χ4v) is 2.29. The van der Waals surface area contributed by atoms with Crippen LogP contribution in [0.5, 0.6) is 0 Å². The minimum absolute atomic E-state index is 0.353. The molecule has 2 heterocycles. The number of carbonyl (C=O) groups is 1. The molecule has 6 heteroatoms. The predicted molar refractivity (Wildman–Crippen MR) is 64.8 cm³/mol. The monoisotopic (exact) mass is 222 g/mol. The lowest BCUT2D eigenvalue weighted by atomic mass is 9.60. The number of H-pyrrole nitrogens is 1. The van der Waals surface area contributed by atoms with Gasteiger partial charge in [-0.1, -0.05) is 6.07 Å². The molecule has 4 nitrogen and oxygen atoms in total. The van der Waals surface area contributed by atoms with E-state index in [1.165, 1.54) is 0 Å². The van der Waals surface area contributed by atoms with E-state index in [2.05, 4.69) is 10.5 Å². The first-order valence-corrected chi connectivity index (χ1v) is 5.18. The Morgan fingerprint density at radius 1 is 1.35 bits per heavy atom.